The molecule has 61 heavy (non-hydrogen) atoms. The zero-order valence-electron chi connectivity index (χ0n) is 33.1. The van der Waals surface area contributed by atoms with Crippen molar-refractivity contribution in [2.45, 2.75) is 5.41 Å². The van der Waals surface area contributed by atoms with Crippen molar-refractivity contribution in [1.29, 1.82) is 0 Å². The summed E-state index contributed by atoms with van der Waals surface area (Å²) >= 11 is 0. The van der Waals surface area contributed by atoms with Gasteiger partial charge in [0, 0.05) is 52.1 Å². The molecule has 0 spiro atoms. The van der Waals surface area contributed by atoms with Crippen LogP contribution in [-0.4, -0.2) is 19.9 Å². The molecule has 4 heterocycles. The summed E-state index contributed by atoms with van der Waals surface area (Å²) in [6.07, 6.45) is 7.58. The molecular weight excluding hydrogens is 741 g/mol. The highest BCUT2D eigenvalue weighted by atomic mass is 14.7. The van der Waals surface area contributed by atoms with Crippen LogP contribution in [0.15, 0.2) is 219 Å². The van der Waals surface area contributed by atoms with Gasteiger partial charge in [-0.3, -0.25) is 19.9 Å². The molecule has 11 aromatic rings. The summed E-state index contributed by atoms with van der Waals surface area (Å²) in [7, 11) is 0. The van der Waals surface area contributed by atoms with Crippen molar-refractivity contribution in [1.82, 2.24) is 19.9 Å². The Morgan fingerprint density at radius 3 is 1.80 bits per heavy atom. The lowest BCUT2D eigenvalue weighted by atomic mass is 9.67. The third kappa shape index (κ3) is 5.61. The SMILES string of the molecule is c1ccc(C2(c3ccccc3)c3ccccc3-c3ccc(-c4cc(-c5ccc(-c6cnc7c(ccc8cccnc87)c6)nc5)cc(-c5cccc6ncccc56)c4)cc32)cc1. The van der Waals surface area contributed by atoms with Crippen LogP contribution in [0.4, 0.5) is 0 Å². The van der Waals surface area contributed by atoms with Gasteiger partial charge in [0.25, 0.3) is 0 Å². The quantitative estimate of drug-likeness (QED) is 0.158. The standard InChI is InChI=1S/C57H36N4/c1-3-13-45(14-4-1)57(46-15-5-2-6-16-46)51-20-8-7-17-48(51)49-26-24-38(34-52(49)57)41-31-42(33-43(32-41)47-18-9-21-54-50(47)19-11-28-58-54)40-25-27-53(60-35-40)44-30-39-23-22-37-12-10-29-59-55(37)56(39)61-36-44/h1-36H. The van der Waals surface area contributed by atoms with Crippen LogP contribution in [0.2, 0.25) is 0 Å². The van der Waals surface area contributed by atoms with Crippen LogP contribution < -0.4 is 0 Å². The predicted octanol–water partition coefficient (Wildman–Crippen LogP) is 13.8. The van der Waals surface area contributed by atoms with Gasteiger partial charge in [0.1, 0.15) is 0 Å². The first-order valence-electron chi connectivity index (χ1n) is 20.7. The number of nitrogens with zero attached hydrogens (tertiary/aromatic N) is 4. The molecule has 4 nitrogen and oxygen atoms in total. The first kappa shape index (κ1) is 34.9. The predicted molar refractivity (Wildman–Crippen MR) is 249 cm³/mol. The van der Waals surface area contributed by atoms with Gasteiger partial charge in [-0.05, 0) is 116 Å². The van der Waals surface area contributed by atoms with Gasteiger partial charge in [0.05, 0.1) is 27.7 Å². The Labute approximate surface area is 353 Å². The van der Waals surface area contributed by atoms with Crippen molar-refractivity contribution in [3.05, 3.63) is 241 Å². The van der Waals surface area contributed by atoms with Crippen LogP contribution in [0.25, 0.3) is 88.5 Å². The monoisotopic (exact) mass is 776 g/mol. The van der Waals surface area contributed by atoms with E-state index in [0.717, 1.165) is 77.3 Å². The van der Waals surface area contributed by atoms with E-state index in [-0.39, 0.29) is 0 Å². The lowest BCUT2D eigenvalue weighted by molar-refractivity contribution is 0.769. The highest BCUT2D eigenvalue weighted by Gasteiger charge is 2.46. The van der Waals surface area contributed by atoms with Gasteiger partial charge in [-0.25, -0.2) is 0 Å². The molecule has 0 atom stereocenters. The van der Waals surface area contributed by atoms with Gasteiger partial charge in [-0.1, -0.05) is 140 Å². The molecule has 4 heteroatoms. The zero-order valence-corrected chi connectivity index (χ0v) is 33.1. The summed E-state index contributed by atoms with van der Waals surface area (Å²) in [6.45, 7) is 0. The molecule has 1 aliphatic carbocycles. The van der Waals surface area contributed by atoms with Crippen LogP contribution in [0.1, 0.15) is 22.3 Å². The average Bonchev–Trinajstić information content (AvgIpc) is 3.64. The molecule has 0 amide bonds. The summed E-state index contributed by atoms with van der Waals surface area (Å²) in [5.74, 6) is 0. The topological polar surface area (TPSA) is 51.6 Å². The smallest absolute Gasteiger partial charge is 0.0965 e. The summed E-state index contributed by atoms with van der Waals surface area (Å²) in [5, 5.41) is 3.23. The van der Waals surface area contributed by atoms with Crippen molar-refractivity contribution in [2.24, 2.45) is 0 Å². The van der Waals surface area contributed by atoms with E-state index in [1.54, 1.807) is 0 Å². The van der Waals surface area contributed by atoms with E-state index in [1.807, 2.05) is 36.9 Å². The van der Waals surface area contributed by atoms with Gasteiger partial charge < -0.3 is 0 Å². The number of pyridine rings is 4. The Balaban J connectivity index is 1.03. The van der Waals surface area contributed by atoms with Crippen molar-refractivity contribution in [3.8, 4) is 55.8 Å². The first-order chi connectivity index (χ1) is 30.2. The molecule has 1 aliphatic rings. The maximum Gasteiger partial charge on any atom is 0.0965 e. The molecule has 7 aromatic carbocycles. The Morgan fingerprint density at radius 2 is 0.984 bits per heavy atom. The number of hydrogen-bond acceptors (Lipinski definition) is 4. The summed E-state index contributed by atoms with van der Waals surface area (Å²) < 4.78 is 0. The van der Waals surface area contributed by atoms with E-state index >= 15 is 0 Å². The summed E-state index contributed by atoms with van der Waals surface area (Å²) in [6, 6.07) is 70.2. The van der Waals surface area contributed by atoms with E-state index < -0.39 is 5.41 Å². The molecule has 0 saturated carbocycles. The summed E-state index contributed by atoms with van der Waals surface area (Å²) in [4.78, 5) is 19.2. The number of aromatic nitrogens is 4. The maximum atomic E-state index is 5.04. The van der Waals surface area contributed by atoms with E-state index in [2.05, 4.69) is 187 Å². The number of fused-ring (bicyclic) bond motifs is 7. The second-order valence-corrected chi connectivity index (χ2v) is 15.8. The highest BCUT2D eigenvalue weighted by Crippen LogP contribution is 2.56. The molecular formula is C57H36N4. The fourth-order valence-corrected chi connectivity index (χ4v) is 9.71. The number of benzene rings is 7. The fraction of sp³-hybridized carbons (Fsp3) is 0.0175. The van der Waals surface area contributed by atoms with Gasteiger partial charge in [0.15, 0.2) is 0 Å². The minimum Gasteiger partial charge on any atom is -0.256 e. The maximum absolute atomic E-state index is 5.04. The summed E-state index contributed by atoms with van der Waals surface area (Å²) in [5.41, 5.74) is 18.4. The molecule has 12 rings (SSSR count). The van der Waals surface area contributed by atoms with Crippen LogP contribution in [-0.2, 0) is 5.41 Å². The Bertz CT molecular complexity index is 3420. The largest absolute Gasteiger partial charge is 0.256 e. The minimum atomic E-state index is -0.493. The highest BCUT2D eigenvalue weighted by molar-refractivity contribution is 6.03. The second-order valence-electron chi connectivity index (χ2n) is 15.8. The van der Waals surface area contributed by atoms with E-state index in [9.17, 15) is 0 Å². The van der Waals surface area contributed by atoms with Crippen molar-refractivity contribution in [2.75, 3.05) is 0 Å². The Hall–Kier alpha value is -8.08. The molecule has 0 bridgehead atoms. The molecule has 0 aliphatic heterocycles. The molecule has 4 aromatic heterocycles. The van der Waals surface area contributed by atoms with Gasteiger partial charge in [0.2, 0.25) is 0 Å². The van der Waals surface area contributed by atoms with Crippen LogP contribution in [0.5, 0.6) is 0 Å². The van der Waals surface area contributed by atoms with E-state index in [0.29, 0.717) is 0 Å². The fourth-order valence-electron chi connectivity index (χ4n) is 9.71. The minimum absolute atomic E-state index is 0.493. The number of rotatable bonds is 6. The number of hydrogen-bond donors (Lipinski definition) is 0. The van der Waals surface area contributed by atoms with Gasteiger partial charge in [-0.2, -0.15) is 0 Å². The third-order valence-corrected chi connectivity index (χ3v) is 12.5. The third-order valence-electron chi connectivity index (χ3n) is 12.5. The first-order valence-corrected chi connectivity index (χ1v) is 20.7. The molecule has 0 fully saturated rings. The van der Waals surface area contributed by atoms with Crippen LogP contribution in [0, 0.1) is 0 Å². The molecule has 0 unspecified atom stereocenters. The van der Waals surface area contributed by atoms with Crippen molar-refractivity contribution in [3.63, 3.8) is 0 Å². The lowest BCUT2D eigenvalue weighted by Gasteiger charge is -2.34. The van der Waals surface area contributed by atoms with Crippen molar-refractivity contribution < 1.29 is 0 Å². The molecule has 0 radical (unpaired) electrons. The molecule has 0 saturated heterocycles. The van der Waals surface area contributed by atoms with Crippen LogP contribution in [0.3, 0.4) is 0 Å². The zero-order chi connectivity index (χ0) is 40.3. The average molecular weight is 777 g/mol. The second kappa shape index (κ2) is 14.0. The Kier molecular flexibility index (Phi) is 8.04. The Morgan fingerprint density at radius 1 is 0.328 bits per heavy atom. The molecule has 284 valence electrons. The van der Waals surface area contributed by atoms with E-state index in [4.69, 9.17) is 15.0 Å². The lowest BCUT2D eigenvalue weighted by Crippen LogP contribution is -2.28. The van der Waals surface area contributed by atoms with Gasteiger partial charge >= 0.3 is 0 Å². The molecule has 0 N–H and O–H groups in total. The van der Waals surface area contributed by atoms with E-state index in [1.165, 1.54) is 33.4 Å². The van der Waals surface area contributed by atoms with Crippen LogP contribution >= 0.6 is 0 Å². The van der Waals surface area contributed by atoms with Gasteiger partial charge in [-0.15, -0.1) is 0 Å². The van der Waals surface area contributed by atoms with Crippen molar-refractivity contribution >= 4 is 32.7 Å². The normalized spacial score (nSPS) is 12.7.